The average Bonchev–Trinajstić information content (AvgIpc) is 2.98. The van der Waals surface area contributed by atoms with Gasteiger partial charge in [-0.15, -0.1) is 0 Å². The molecule has 0 aliphatic carbocycles. The fourth-order valence-electron chi connectivity index (χ4n) is 2.74. The highest BCUT2D eigenvalue weighted by molar-refractivity contribution is 5.89. The first-order chi connectivity index (χ1) is 12.6. The van der Waals surface area contributed by atoms with Gasteiger partial charge in [0, 0.05) is 6.42 Å². The molecule has 0 radical (unpaired) electrons. The Balaban J connectivity index is 2.10. The van der Waals surface area contributed by atoms with E-state index in [-0.39, 0.29) is 19.6 Å². The molecule has 8 nitrogen and oxygen atoms in total. The third-order valence-electron chi connectivity index (χ3n) is 3.82. The van der Waals surface area contributed by atoms with E-state index >= 15 is 0 Å². The number of carboxylic acids is 1. The maximum atomic E-state index is 12.3. The van der Waals surface area contributed by atoms with Crippen LogP contribution in [0.25, 0.3) is 0 Å². The molecular formula is C19H25NO7. The molecule has 27 heavy (non-hydrogen) atoms. The molecule has 1 fully saturated rings. The number of amides is 1. The van der Waals surface area contributed by atoms with Gasteiger partial charge in [-0.05, 0) is 45.9 Å². The van der Waals surface area contributed by atoms with Crippen molar-refractivity contribution in [2.75, 3.05) is 13.2 Å². The first-order valence-corrected chi connectivity index (χ1v) is 8.77. The van der Waals surface area contributed by atoms with Crippen LogP contribution in [0.1, 0.15) is 44.5 Å². The van der Waals surface area contributed by atoms with E-state index in [0.29, 0.717) is 11.3 Å². The van der Waals surface area contributed by atoms with E-state index in [9.17, 15) is 19.5 Å². The second-order valence-electron chi connectivity index (χ2n) is 7.21. The number of aliphatic carboxylic acids is 1. The minimum absolute atomic E-state index is 0.0789. The first kappa shape index (κ1) is 20.5. The number of rotatable bonds is 5. The summed E-state index contributed by atoms with van der Waals surface area (Å²) >= 11 is 0. The summed E-state index contributed by atoms with van der Waals surface area (Å²) in [5.74, 6) is -1.18. The summed E-state index contributed by atoms with van der Waals surface area (Å²) < 4.78 is 16.1. The molecule has 0 saturated carbocycles. The lowest BCUT2D eigenvalue weighted by atomic mass is 10.2. The van der Waals surface area contributed by atoms with Crippen molar-refractivity contribution in [2.45, 2.75) is 51.9 Å². The van der Waals surface area contributed by atoms with Crippen molar-refractivity contribution in [3.63, 3.8) is 0 Å². The molecule has 1 amide bonds. The van der Waals surface area contributed by atoms with Gasteiger partial charge in [-0.1, -0.05) is 6.07 Å². The van der Waals surface area contributed by atoms with Crippen LogP contribution < -0.4 is 4.74 Å². The lowest BCUT2D eigenvalue weighted by Gasteiger charge is -2.26. The predicted molar refractivity (Wildman–Crippen MR) is 95.8 cm³/mol. The topological polar surface area (TPSA) is 102 Å². The molecule has 1 aromatic rings. The fourth-order valence-corrected chi connectivity index (χ4v) is 2.74. The average molecular weight is 379 g/mol. The first-order valence-electron chi connectivity index (χ1n) is 8.77. The zero-order valence-electron chi connectivity index (χ0n) is 15.9. The maximum Gasteiger partial charge on any atom is 0.411 e. The molecule has 2 atom stereocenters. The standard InChI is InChI=1S/C19H25NO7/c1-5-25-17(23)12-7-6-8-13(9-12)26-14-10-15(16(21)22)20(11-14)18(24)27-19(2,3)4/h6-9,14-15H,5,10-11H2,1-4H3,(H,21,22)/t14-,15+/m1/s1. The minimum atomic E-state index is -1.12. The highest BCUT2D eigenvalue weighted by Gasteiger charge is 2.42. The molecule has 1 heterocycles. The van der Waals surface area contributed by atoms with Crippen molar-refractivity contribution < 1.29 is 33.7 Å². The number of carbonyl (C=O) groups excluding carboxylic acids is 2. The second kappa shape index (κ2) is 8.28. The molecule has 0 bridgehead atoms. The van der Waals surface area contributed by atoms with Crippen LogP contribution in [0, 0.1) is 0 Å². The van der Waals surface area contributed by atoms with E-state index in [1.54, 1.807) is 45.9 Å². The number of nitrogens with zero attached hydrogens (tertiary/aromatic N) is 1. The molecule has 0 spiro atoms. The van der Waals surface area contributed by atoms with Gasteiger partial charge in [-0.3, -0.25) is 4.90 Å². The van der Waals surface area contributed by atoms with Crippen LogP contribution in [0.3, 0.4) is 0 Å². The summed E-state index contributed by atoms with van der Waals surface area (Å²) in [4.78, 5) is 36.8. The van der Waals surface area contributed by atoms with Crippen molar-refractivity contribution in [1.82, 2.24) is 4.90 Å². The Morgan fingerprint density at radius 1 is 1.26 bits per heavy atom. The zero-order valence-corrected chi connectivity index (χ0v) is 15.9. The van der Waals surface area contributed by atoms with Gasteiger partial charge in [0.2, 0.25) is 0 Å². The van der Waals surface area contributed by atoms with Crippen molar-refractivity contribution in [1.29, 1.82) is 0 Å². The van der Waals surface area contributed by atoms with E-state index in [4.69, 9.17) is 14.2 Å². The van der Waals surface area contributed by atoms with Gasteiger partial charge in [0.1, 0.15) is 23.5 Å². The smallest absolute Gasteiger partial charge is 0.411 e. The Labute approximate surface area is 158 Å². The largest absolute Gasteiger partial charge is 0.488 e. The number of benzene rings is 1. The van der Waals surface area contributed by atoms with Gasteiger partial charge in [-0.2, -0.15) is 0 Å². The SMILES string of the molecule is CCOC(=O)c1cccc(O[C@@H]2C[C@@H](C(=O)O)N(C(=O)OC(C)(C)C)C2)c1. The molecule has 1 aliphatic heterocycles. The Kier molecular flexibility index (Phi) is 6.30. The molecular weight excluding hydrogens is 354 g/mol. The van der Waals surface area contributed by atoms with Crippen molar-refractivity contribution in [3.8, 4) is 5.75 Å². The molecule has 148 valence electrons. The van der Waals surface area contributed by atoms with Crippen LogP contribution in [0.4, 0.5) is 4.79 Å². The highest BCUT2D eigenvalue weighted by atomic mass is 16.6. The van der Waals surface area contributed by atoms with Crippen molar-refractivity contribution in [3.05, 3.63) is 29.8 Å². The van der Waals surface area contributed by atoms with Crippen LogP contribution in [0.15, 0.2) is 24.3 Å². The molecule has 1 aliphatic rings. The van der Waals surface area contributed by atoms with Gasteiger partial charge in [0.05, 0.1) is 18.7 Å². The number of ether oxygens (including phenoxy) is 3. The highest BCUT2D eigenvalue weighted by Crippen LogP contribution is 2.26. The summed E-state index contributed by atoms with van der Waals surface area (Å²) in [5.41, 5.74) is -0.390. The Morgan fingerprint density at radius 2 is 1.96 bits per heavy atom. The van der Waals surface area contributed by atoms with Gasteiger partial charge >= 0.3 is 18.0 Å². The Hall–Kier alpha value is -2.77. The molecule has 1 saturated heterocycles. The lowest BCUT2D eigenvalue weighted by Crippen LogP contribution is -2.43. The summed E-state index contributed by atoms with van der Waals surface area (Å²) in [7, 11) is 0. The summed E-state index contributed by atoms with van der Waals surface area (Å²) in [6.45, 7) is 7.20. The summed E-state index contributed by atoms with van der Waals surface area (Å²) in [6, 6.07) is 5.42. The van der Waals surface area contributed by atoms with Crippen molar-refractivity contribution >= 4 is 18.0 Å². The Morgan fingerprint density at radius 3 is 2.56 bits per heavy atom. The van der Waals surface area contributed by atoms with Crippen LogP contribution >= 0.6 is 0 Å². The maximum absolute atomic E-state index is 12.3. The number of likely N-dealkylation sites (tertiary alicyclic amines) is 1. The van der Waals surface area contributed by atoms with Crippen LogP contribution in [-0.2, 0) is 14.3 Å². The number of hydrogen-bond donors (Lipinski definition) is 1. The normalized spacial score (nSPS) is 19.5. The van der Waals surface area contributed by atoms with E-state index in [1.165, 1.54) is 6.07 Å². The Bertz CT molecular complexity index is 710. The molecule has 2 rings (SSSR count). The van der Waals surface area contributed by atoms with Crippen LogP contribution in [0.5, 0.6) is 5.75 Å². The number of hydrogen-bond acceptors (Lipinski definition) is 6. The summed E-state index contributed by atoms with van der Waals surface area (Å²) in [6.07, 6.45) is -1.10. The molecule has 0 unspecified atom stereocenters. The van der Waals surface area contributed by atoms with Crippen LogP contribution in [0.2, 0.25) is 0 Å². The van der Waals surface area contributed by atoms with Gasteiger partial charge < -0.3 is 19.3 Å². The second-order valence-corrected chi connectivity index (χ2v) is 7.21. The van der Waals surface area contributed by atoms with E-state index in [1.807, 2.05) is 0 Å². The number of esters is 1. The van der Waals surface area contributed by atoms with Gasteiger partial charge in [-0.25, -0.2) is 14.4 Å². The number of carboxylic acid groups (broad SMARTS) is 1. The minimum Gasteiger partial charge on any atom is -0.488 e. The van der Waals surface area contributed by atoms with Crippen molar-refractivity contribution in [2.24, 2.45) is 0 Å². The molecule has 0 aromatic heterocycles. The predicted octanol–water partition coefficient (Wildman–Crippen LogP) is 2.70. The number of carbonyl (C=O) groups is 3. The fraction of sp³-hybridized carbons (Fsp3) is 0.526. The van der Waals surface area contributed by atoms with E-state index in [0.717, 1.165) is 4.90 Å². The summed E-state index contributed by atoms with van der Waals surface area (Å²) in [5, 5.41) is 9.42. The van der Waals surface area contributed by atoms with Gasteiger partial charge in [0.25, 0.3) is 0 Å². The zero-order chi connectivity index (χ0) is 20.2. The molecule has 8 heteroatoms. The third-order valence-corrected chi connectivity index (χ3v) is 3.82. The van der Waals surface area contributed by atoms with Crippen LogP contribution in [-0.4, -0.2) is 58.9 Å². The lowest BCUT2D eigenvalue weighted by molar-refractivity contribution is -0.142. The third kappa shape index (κ3) is 5.60. The molecule has 1 aromatic carbocycles. The molecule has 1 N–H and O–H groups in total. The monoisotopic (exact) mass is 379 g/mol. The van der Waals surface area contributed by atoms with E-state index in [2.05, 4.69) is 0 Å². The van der Waals surface area contributed by atoms with Gasteiger partial charge in [0.15, 0.2) is 0 Å². The quantitative estimate of drug-likeness (QED) is 0.785. The van der Waals surface area contributed by atoms with E-state index < -0.39 is 35.8 Å².